The fourth-order valence-corrected chi connectivity index (χ4v) is 7.37. The van der Waals surface area contributed by atoms with Crippen LogP contribution in [0.2, 0.25) is 20.1 Å². The molecule has 2 heterocycles. The minimum atomic E-state index is -0.132. The largest absolute Gasteiger partial charge is 0.391 e. The van der Waals surface area contributed by atoms with Gasteiger partial charge in [0.05, 0.1) is 5.71 Å². The second-order valence-corrected chi connectivity index (χ2v) is 13.5. The molecule has 4 atom stereocenters. The first-order valence-electron chi connectivity index (χ1n) is 15.2. The second-order valence-electron chi connectivity index (χ2n) is 11.8. The van der Waals surface area contributed by atoms with Crippen LogP contribution in [0.1, 0.15) is 52.0 Å². The maximum absolute atomic E-state index is 6.38. The van der Waals surface area contributed by atoms with E-state index < -0.39 is 0 Å². The van der Waals surface area contributed by atoms with Crippen LogP contribution in [0.15, 0.2) is 133 Å². The molecule has 4 unspecified atom stereocenters. The fourth-order valence-electron chi connectivity index (χ4n) is 6.86. The lowest BCUT2D eigenvalue weighted by atomic mass is 9.63. The Morgan fingerprint density at radius 1 is 0.457 bits per heavy atom. The van der Waals surface area contributed by atoms with Gasteiger partial charge in [-0.05, 0) is 76.3 Å². The van der Waals surface area contributed by atoms with Crippen molar-refractivity contribution in [3.8, 4) is 0 Å². The Morgan fingerprint density at radius 3 is 1.11 bits per heavy atom. The number of hydrogen-bond donors (Lipinski definition) is 2. The van der Waals surface area contributed by atoms with Gasteiger partial charge in [-0.25, -0.2) is 0 Å². The molecule has 46 heavy (non-hydrogen) atoms. The second kappa shape index (κ2) is 13.8. The van der Waals surface area contributed by atoms with Gasteiger partial charge in [-0.15, -0.1) is 0 Å². The van der Waals surface area contributed by atoms with E-state index in [1.807, 2.05) is 78.9 Å². The van der Waals surface area contributed by atoms with Gasteiger partial charge in [0.1, 0.15) is 6.61 Å². The van der Waals surface area contributed by atoms with Crippen molar-refractivity contribution in [3.05, 3.63) is 175 Å². The van der Waals surface area contributed by atoms with Crippen LogP contribution in [0.25, 0.3) is 0 Å². The molecule has 4 nitrogen and oxygen atoms in total. The Morgan fingerprint density at radius 2 is 0.783 bits per heavy atom. The zero-order valence-corrected chi connectivity index (χ0v) is 27.7. The molecule has 0 radical (unpaired) electrons. The van der Waals surface area contributed by atoms with E-state index >= 15 is 0 Å². The number of rotatable bonds is 7. The number of benzene rings is 5. The number of nitrogens with zero attached hydrogens (tertiary/aromatic N) is 1. The number of halogens is 4. The predicted octanol–water partition coefficient (Wildman–Crippen LogP) is 10.6. The summed E-state index contributed by atoms with van der Waals surface area (Å²) in [6.07, 6.45) is 0. The summed E-state index contributed by atoms with van der Waals surface area (Å²) < 4.78 is 0. The first kappa shape index (κ1) is 31.3. The molecule has 5 aromatic carbocycles. The van der Waals surface area contributed by atoms with Gasteiger partial charge < -0.3 is 15.5 Å². The summed E-state index contributed by atoms with van der Waals surface area (Å²) in [6.45, 7) is 0.360. The molecular formula is C38H31Cl4N3O. The van der Waals surface area contributed by atoms with E-state index in [9.17, 15) is 0 Å². The van der Waals surface area contributed by atoms with Crippen LogP contribution < -0.4 is 10.6 Å². The molecule has 0 saturated carbocycles. The predicted molar refractivity (Wildman–Crippen MR) is 189 cm³/mol. The Labute approximate surface area is 289 Å². The SMILES string of the molecule is Clc1ccc(C2NC(c3ccc(Cl)cc3)C3C(=NOCc4ccccc4)C2C(c2ccc(Cl)cc2)NC3c2ccc(Cl)cc2)cc1. The number of oxime groups is 1. The molecule has 0 aromatic heterocycles. The van der Waals surface area contributed by atoms with E-state index in [-0.39, 0.29) is 36.0 Å². The van der Waals surface area contributed by atoms with E-state index in [2.05, 4.69) is 59.2 Å². The number of nitrogens with one attached hydrogen (secondary N) is 2. The summed E-state index contributed by atoms with van der Waals surface area (Å²) in [6, 6.07) is 41.8. The molecule has 7 rings (SSSR count). The van der Waals surface area contributed by atoms with Crippen molar-refractivity contribution in [2.24, 2.45) is 17.0 Å². The highest BCUT2D eigenvalue weighted by atomic mass is 35.5. The van der Waals surface area contributed by atoms with Crippen molar-refractivity contribution >= 4 is 52.1 Å². The van der Waals surface area contributed by atoms with Crippen molar-refractivity contribution < 1.29 is 4.84 Å². The van der Waals surface area contributed by atoms with Crippen LogP contribution in [-0.4, -0.2) is 5.71 Å². The molecule has 2 N–H and O–H groups in total. The molecule has 8 heteroatoms. The summed E-state index contributed by atoms with van der Waals surface area (Å²) >= 11 is 25.5. The summed E-state index contributed by atoms with van der Waals surface area (Å²) in [4.78, 5) is 6.26. The quantitative estimate of drug-likeness (QED) is 0.168. The van der Waals surface area contributed by atoms with Crippen LogP contribution in [0.4, 0.5) is 0 Å². The van der Waals surface area contributed by atoms with E-state index in [0.29, 0.717) is 26.7 Å². The lowest BCUT2D eigenvalue weighted by Gasteiger charge is -2.54. The van der Waals surface area contributed by atoms with Gasteiger partial charge in [-0.2, -0.15) is 0 Å². The third-order valence-electron chi connectivity index (χ3n) is 9.00. The standard InChI is InChI=1S/C38H31Cl4N3O/c39-28-14-6-24(7-15-28)34-32-35(25-8-16-29(40)17-9-25)44-37(27-12-20-31(42)21-13-27)33(36(43-34)26-10-18-30(41)19-11-26)38(32)45-46-22-23-4-2-1-3-5-23/h1-21,32-37,43-44H,22H2. The highest BCUT2D eigenvalue weighted by Gasteiger charge is 2.54. The van der Waals surface area contributed by atoms with Gasteiger partial charge in [-0.1, -0.05) is 130 Å². The normalized spacial score (nSPS) is 24.0. The summed E-state index contributed by atoms with van der Waals surface area (Å²) in [5, 5.41) is 16.0. The number of hydrogen-bond acceptors (Lipinski definition) is 4. The van der Waals surface area contributed by atoms with Crippen molar-refractivity contribution in [2.75, 3.05) is 0 Å². The third kappa shape index (κ3) is 6.57. The number of piperidine rings is 2. The zero-order valence-electron chi connectivity index (χ0n) is 24.7. The molecule has 0 amide bonds. The Hall–Kier alpha value is -3.35. The Balaban J connectivity index is 1.42. The highest BCUT2D eigenvalue weighted by Crippen LogP contribution is 2.53. The molecule has 2 saturated heterocycles. The summed E-state index contributed by atoms with van der Waals surface area (Å²) in [5.41, 5.74) is 6.45. The van der Waals surface area contributed by atoms with Crippen molar-refractivity contribution in [1.82, 2.24) is 10.6 Å². The van der Waals surface area contributed by atoms with Crippen LogP contribution in [-0.2, 0) is 11.4 Å². The highest BCUT2D eigenvalue weighted by molar-refractivity contribution is 6.31. The van der Waals surface area contributed by atoms with E-state index in [1.165, 1.54) is 0 Å². The van der Waals surface area contributed by atoms with Gasteiger partial charge in [0, 0.05) is 56.1 Å². The van der Waals surface area contributed by atoms with Crippen LogP contribution in [0.3, 0.4) is 0 Å². The van der Waals surface area contributed by atoms with Gasteiger partial charge >= 0.3 is 0 Å². The summed E-state index contributed by atoms with van der Waals surface area (Å²) in [7, 11) is 0. The van der Waals surface area contributed by atoms with E-state index in [0.717, 1.165) is 33.5 Å². The molecule has 232 valence electrons. The topological polar surface area (TPSA) is 45.7 Å². The lowest BCUT2D eigenvalue weighted by molar-refractivity contribution is 0.105. The smallest absolute Gasteiger partial charge is 0.142 e. The monoisotopic (exact) mass is 685 g/mol. The first-order chi connectivity index (χ1) is 22.4. The van der Waals surface area contributed by atoms with E-state index in [4.69, 9.17) is 56.4 Å². The van der Waals surface area contributed by atoms with E-state index in [1.54, 1.807) is 0 Å². The molecule has 0 aliphatic carbocycles. The third-order valence-corrected chi connectivity index (χ3v) is 10.0. The van der Waals surface area contributed by atoms with Crippen molar-refractivity contribution in [1.29, 1.82) is 0 Å². The van der Waals surface area contributed by atoms with Gasteiger partial charge in [-0.3, -0.25) is 0 Å². The first-order valence-corrected chi connectivity index (χ1v) is 16.7. The fraction of sp³-hybridized carbons (Fsp3) is 0.184. The zero-order chi connectivity index (χ0) is 31.6. The van der Waals surface area contributed by atoms with Gasteiger partial charge in [0.15, 0.2) is 0 Å². The van der Waals surface area contributed by atoms with Crippen LogP contribution in [0, 0.1) is 11.8 Å². The minimum Gasteiger partial charge on any atom is -0.391 e. The molecule has 5 aromatic rings. The average molecular weight is 687 g/mol. The minimum absolute atomic E-state index is 0.116. The molecule has 2 bridgehead atoms. The van der Waals surface area contributed by atoms with Crippen molar-refractivity contribution in [3.63, 3.8) is 0 Å². The molecule has 2 aliphatic rings. The Bertz CT molecular complexity index is 1580. The van der Waals surface area contributed by atoms with Gasteiger partial charge in [0.2, 0.25) is 0 Å². The molecule has 2 aliphatic heterocycles. The van der Waals surface area contributed by atoms with Crippen molar-refractivity contribution in [2.45, 2.75) is 30.8 Å². The number of fused-ring (bicyclic) bond motifs is 2. The van der Waals surface area contributed by atoms with Crippen LogP contribution in [0.5, 0.6) is 0 Å². The molecule has 0 spiro atoms. The lowest BCUT2D eigenvalue weighted by Crippen LogP contribution is -2.60. The van der Waals surface area contributed by atoms with Gasteiger partial charge in [0.25, 0.3) is 0 Å². The maximum atomic E-state index is 6.38. The van der Waals surface area contributed by atoms with Crippen LogP contribution >= 0.6 is 46.4 Å². The molecular weight excluding hydrogens is 656 g/mol. The average Bonchev–Trinajstić information content (AvgIpc) is 3.07. The Kier molecular flexibility index (Phi) is 9.37. The maximum Gasteiger partial charge on any atom is 0.142 e. The summed E-state index contributed by atoms with van der Waals surface area (Å²) in [5.74, 6) is -0.231. The molecule has 2 fully saturated rings.